The van der Waals surface area contributed by atoms with E-state index in [2.05, 4.69) is 0 Å². The van der Waals surface area contributed by atoms with Crippen LogP contribution in [0, 0.1) is 0 Å². The second-order valence-corrected chi connectivity index (χ2v) is 3.37. The molecule has 0 unspecified atom stereocenters. The summed E-state index contributed by atoms with van der Waals surface area (Å²) in [5, 5.41) is 8.77. The molecule has 0 aromatic carbocycles. The lowest BCUT2D eigenvalue weighted by Crippen LogP contribution is -2.44. The Hall–Kier alpha value is -1.26. The molecule has 13 heavy (non-hydrogen) atoms. The molecule has 0 radical (unpaired) electrons. The van der Waals surface area contributed by atoms with Crippen molar-refractivity contribution in [3.05, 3.63) is 0 Å². The van der Waals surface area contributed by atoms with Gasteiger partial charge in [-0.2, -0.15) is 0 Å². The maximum atomic E-state index is 11.5. The van der Waals surface area contributed by atoms with Crippen LogP contribution in [0.4, 0.5) is 4.79 Å². The van der Waals surface area contributed by atoms with E-state index < -0.39 is 12.1 Å². The van der Waals surface area contributed by atoms with E-state index in [1.807, 2.05) is 0 Å². The van der Waals surface area contributed by atoms with Gasteiger partial charge in [-0.25, -0.2) is 4.79 Å². The highest BCUT2D eigenvalue weighted by molar-refractivity contribution is 5.85. The van der Waals surface area contributed by atoms with Gasteiger partial charge in [0.2, 0.25) is 5.91 Å². The number of carbonyl (C=O) groups is 2. The minimum Gasteiger partial charge on any atom is -0.465 e. The Bertz CT molecular complexity index is 227. The summed E-state index contributed by atoms with van der Waals surface area (Å²) in [6, 6.07) is -0.465. The fourth-order valence-electron chi connectivity index (χ4n) is 1.55. The molecule has 1 saturated heterocycles. The van der Waals surface area contributed by atoms with Crippen LogP contribution in [0.1, 0.15) is 12.8 Å². The van der Waals surface area contributed by atoms with E-state index in [9.17, 15) is 9.59 Å². The Kier molecular flexibility index (Phi) is 2.75. The molecule has 1 atom stereocenters. The van der Waals surface area contributed by atoms with Gasteiger partial charge in [-0.05, 0) is 12.8 Å². The Morgan fingerprint density at radius 2 is 2.08 bits per heavy atom. The molecule has 2 amide bonds. The lowest BCUT2D eigenvalue weighted by Gasteiger charge is -2.23. The molecule has 1 aliphatic heterocycles. The molecule has 0 bridgehead atoms. The maximum absolute atomic E-state index is 11.5. The van der Waals surface area contributed by atoms with Gasteiger partial charge < -0.3 is 10.0 Å². The summed E-state index contributed by atoms with van der Waals surface area (Å²) >= 11 is 0. The van der Waals surface area contributed by atoms with E-state index in [0.717, 1.165) is 6.42 Å². The largest absolute Gasteiger partial charge is 0.465 e. The first-order valence-electron chi connectivity index (χ1n) is 4.24. The number of nitrogens with zero attached hydrogens (tertiary/aromatic N) is 2. The standard InChI is InChI=1S/C8H14N2O3/c1-9(2)7(11)6-4-3-5-10(6)8(12)13/h6H,3-5H2,1-2H3,(H,12,13)/t6-/m0/s1. The van der Waals surface area contributed by atoms with Gasteiger partial charge in [0.1, 0.15) is 6.04 Å². The number of carbonyl (C=O) groups excluding carboxylic acids is 1. The topological polar surface area (TPSA) is 60.9 Å². The molecule has 1 heterocycles. The fourth-order valence-corrected chi connectivity index (χ4v) is 1.55. The highest BCUT2D eigenvalue weighted by Gasteiger charge is 2.34. The molecule has 74 valence electrons. The average molecular weight is 186 g/mol. The third-order valence-electron chi connectivity index (χ3n) is 2.22. The summed E-state index contributed by atoms with van der Waals surface area (Å²) in [7, 11) is 3.28. The van der Waals surface area contributed by atoms with E-state index in [1.54, 1.807) is 14.1 Å². The molecule has 0 saturated carbocycles. The summed E-state index contributed by atoms with van der Waals surface area (Å²) in [4.78, 5) is 24.8. The predicted molar refractivity (Wildman–Crippen MR) is 46.4 cm³/mol. The third-order valence-corrected chi connectivity index (χ3v) is 2.22. The molecule has 5 heteroatoms. The summed E-state index contributed by atoms with van der Waals surface area (Å²) in [6.07, 6.45) is 0.414. The summed E-state index contributed by atoms with van der Waals surface area (Å²) in [5.74, 6) is -0.125. The molecule has 0 aromatic heterocycles. The van der Waals surface area contributed by atoms with Gasteiger partial charge in [0.25, 0.3) is 0 Å². The third kappa shape index (κ3) is 1.91. The van der Waals surface area contributed by atoms with Crippen molar-refractivity contribution in [2.45, 2.75) is 18.9 Å². The number of amides is 2. The second-order valence-electron chi connectivity index (χ2n) is 3.37. The fraction of sp³-hybridized carbons (Fsp3) is 0.750. The van der Waals surface area contributed by atoms with Gasteiger partial charge in [-0.1, -0.05) is 0 Å². The molecule has 0 spiro atoms. The Morgan fingerprint density at radius 1 is 1.46 bits per heavy atom. The number of likely N-dealkylation sites (N-methyl/N-ethyl adjacent to an activating group) is 1. The highest BCUT2D eigenvalue weighted by atomic mass is 16.4. The zero-order valence-corrected chi connectivity index (χ0v) is 7.86. The molecular formula is C8H14N2O3. The van der Waals surface area contributed by atoms with Gasteiger partial charge in [0, 0.05) is 20.6 Å². The number of hydrogen-bond acceptors (Lipinski definition) is 2. The van der Waals surface area contributed by atoms with E-state index in [-0.39, 0.29) is 5.91 Å². The van der Waals surface area contributed by atoms with Gasteiger partial charge in [0.15, 0.2) is 0 Å². The van der Waals surface area contributed by atoms with Crippen molar-refractivity contribution >= 4 is 12.0 Å². The smallest absolute Gasteiger partial charge is 0.407 e. The first-order valence-corrected chi connectivity index (χ1v) is 4.24. The van der Waals surface area contributed by atoms with Crippen LogP contribution < -0.4 is 0 Å². The minimum atomic E-state index is -1.00. The van der Waals surface area contributed by atoms with Crippen LogP contribution in [0.2, 0.25) is 0 Å². The summed E-state index contributed by atoms with van der Waals surface area (Å²) in [5.41, 5.74) is 0. The quantitative estimate of drug-likeness (QED) is 0.637. The number of likely N-dealkylation sites (tertiary alicyclic amines) is 1. The van der Waals surface area contributed by atoms with E-state index in [0.29, 0.717) is 13.0 Å². The van der Waals surface area contributed by atoms with Crippen LogP contribution >= 0.6 is 0 Å². The van der Waals surface area contributed by atoms with E-state index in [1.165, 1.54) is 9.80 Å². The molecule has 0 aliphatic carbocycles. The number of rotatable bonds is 1. The Morgan fingerprint density at radius 3 is 2.54 bits per heavy atom. The lowest BCUT2D eigenvalue weighted by atomic mass is 10.2. The van der Waals surface area contributed by atoms with Crippen LogP contribution in [-0.4, -0.2) is 53.6 Å². The zero-order valence-electron chi connectivity index (χ0n) is 7.86. The summed E-state index contributed by atoms with van der Waals surface area (Å²) < 4.78 is 0. The van der Waals surface area contributed by atoms with Crippen LogP contribution in [0.3, 0.4) is 0 Å². The van der Waals surface area contributed by atoms with Crippen molar-refractivity contribution in [3.8, 4) is 0 Å². The first kappa shape index (κ1) is 9.83. The molecule has 1 N–H and O–H groups in total. The molecule has 1 fully saturated rings. The van der Waals surface area contributed by atoms with Crippen molar-refractivity contribution in [1.29, 1.82) is 0 Å². The van der Waals surface area contributed by atoms with Gasteiger partial charge in [-0.15, -0.1) is 0 Å². The average Bonchev–Trinajstić information content (AvgIpc) is 2.50. The van der Waals surface area contributed by atoms with Crippen LogP contribution in [-0.2, 0) is 4.79 Å². The molecular weight excluding hydrogens is 172 g/mol. The Labute approximate surface area is 76.9 Å². The zero-order chi connectivity index (χ0) is 10.0. The number of carboxylic acid groups (broad SMARTS) is 1. The van der Waals surface area contributed by atoms with Crippen LogP contribution in [0.5, 0.6) is 0 Å². The first-order chi connectivity index (χ1) is 6.04. The van der Waals surface area contributed by atoms with Gasteiger partial charge >= 0.3 is 6.09 Å². The van der Waals surface area contributed by atoms with E-state index >= 15 is 0 Å². The van der Waals surface area contributed by atoms with Crippen LogP contribution in [0.15, 0.2) is 0 Å². The SMILES string of the molecule is CN(C)C(=O)[C@@H]1CCCN1C(=O)O. The van der Waals surface area contributed by atoms with Crippen molar-refractivity contribution in [2.24, 2.45) is 0 Å². The maximum Gasteiger partial charge on any atom is 0.407 e. The van der Waals surface area contributed by atoms with Crippen molar-refractivity contribution < 1.29 is 14.7 Å². The Balaban J connectivity index is 2.68. The molecule has 1 rings (SSSR count). The predicted octanol–water partition coefficient (Wildman–Crippen LogP) is 0.217. The van der Waals surface area contributed by atoms with Crippen molar-refractivity contribution in [2.75, 3.05) is 20.6 Å². The molecule has 5 nitrogen and oxygen atoms in total. The summed E-state index contributed by atoms with van der Waals surface area (Å²) in [6.45, 7) is 0.472. The van der Waals surface area contributed by atoms with Crippen molar-refractivity contribution in [1.82, 2.24) is 9.80 Å². The van der Waals surface area contributed by atoms with Crippen LogP contribution in [0.25, 0.3) is 0 Å². The minimum absolute atomic E-state index is 0.125. The van der Waals surface area contributed by atoms with Gasteiger partial charge in [-0.3, -0.25) is 9.69 Å². The number of hydrogen-bond donors (Lipinski definition) is 1. The van der Waals surface area contributed by atoms with Gasteiger partial charge in [0.05, 0.1) is 0 Å². The lowest BCUT2D eigenvalue weighted by molar-refractivity contribution is -0.132. The normalized spacial score (nSPS) is 21.7. The highest BCUT2D eigenvalue weighted by Crippen LogP contribution is 2.18. The molecule has 1 aliphatic rings. The van der Waals surface area contributed by atoms with E-state index in [4.69, 9.17) is 5.11 Å². The monoisotopic (exact) mass is 186 g/mol. The molecule has 0 aromatic rings. The second kappa shape index (κ2) is 3.64. The van der Waals surface area contributed by atoms with Crippen molar-refractivity contribution in [3.63, 3.8) is 0 Å².